The average Bonchev–Trinajstić information content (AvgIpc) is 2.35. The highest BCUT2D eigenvalue weighted by molar-refractivity contribution is 6.19. The zero-order valence-electron chi connectivity index (χ0n) is 8.85. The predicted octanol–water partition coefficient (Wildman–Crippen LogP) is 2.64. The number of nitrogens with zero attached hydrogens (tertiary/aromatic N) is 2. The van der Waals surface area contributed by atoms with Gasteiger partial charge in [0, 0.05) is 11.9 Å². The maximum atomic E-state index is 10.8. The van der Waals surface area contributed by atoms with Crippen LogP contribution >= 0.6 is 11.6 Å². The second kappa shape index (κ2) is 5.87. The van der Waals surface area contributed by atoms with Crippen molar-refractivity contribution in [2.45, 2.75) is 0 Å². The molecule has 1 rings (SSSR count). The van der Waals surface area contributed by atoms with Gasteiger partial charge in [-0.15, -0.1) is 11.6 Å². The zero-order chi connectivity index (χ0) is 12.8. The van der Waals surface area contributed by atoms with Gasteiger partial charge in [0.25, 0.3) is 0 Å². The fraction of sp³-hybridized carbons (Fsp3) is 0.182. The number of benzene rings is 1. The van der Waals surface area contributed by atoms with Crippen molar-refractivity contribution >= 4 is 17.3 Å². The summed E-state index contributed by atoms with van der Waals surface area (Å²) in [5.41, 5.74) is 0.581. The minimum atomic E-state index is -0.598. The van der Waals surface area contributed by atoms with E-state index in [0.717, 1.165) is 0 Å². The van der Waals surface area contributed by atoms with Crippen LogP contribution in [0.4, 0.5) is 5.69 Å². The van der Waals surface area contributed by atoms with Gasteiger partial charge in [-0.3, -0.25) is 10.1 Å². The number of ether oxygens (including phenoxy) is 1. The largest absolute Gasteiger partial charge is 0.482 e. The molecule has 17 heavy (non-hydrogen) atoms. The van der Waals surface area contributed by atoms with Crippen molar-refractivity contribution in [3.05, 3.63) is 46.0 Å². The molecule has 1 aromatic rings. The molecule has 0 aliphatic rings. The van der Waals surface area contributed by atoms with Crippen molar-refractivity contribution in [3.8, 4) is 11.8 Å². The lowest BCUT2D eigenvalue weighted by Crippen LogP contribution is -2.03. The summed E-state index contributed by atoms with van der Waals surface area (Å²) in [6.07, 6.45) is 0. The van der Waals surface area contributed by atoms with Gasteiger partial charge in [-0.1, -0.05) is 6.58 Å². The van der Waals surface area contributed by atoms with Gasteiger partial charge in [0.15, 0.2) is 5.75 Å². The smallest absolute Gasteiger partial charge is 0.312 e. The second-order valence-electron chi connectivity index (χ2n) is 3.22. The van der Waals surface area contributed by atoms with Gasteiger partial charge in [-0.2, -0.15) is 5.26 Å². The molecule has 0 aliphatic carbocycles. The van der Waals surface area contributed by atoms with Gasteiger partial charge in [0.2, 0.25) is 0 Å². The van der Waals surface area contributed by atoms with E-state index in [1.807, 2.05) is 6.07 Å². The highest BCUT2D eigenvalue weighted by atomic mass is 35.5. The standard InChI is InChI=1S/C11H9ClN2O3/c1-8(5-12)7-17-11-3-2-9(6-13)4-10(11)14(15)16/h2-4H,1,5,7H2. The van der Waals surface area contributed by atoms with Crippen molar-refractivity contribution < 1.29 is 9.66 Å². The van der Waals surface area contributed by atoms with Crippen LogP contribution < -0.4 is 4.74 Å². The highest BCUT2D eigenvalue weighted by Crippen LogP contribution is 2.28. The van der Waals surface area contributed by atoms with E-state index in [1.165, 1.54) is 18.2 Å². The molecule has 0 saturated carbocycles. The summed E-state index contributed by atoms with van der Waals surface area (Å²) in [6, 6.07) is 5.83. The molecular weight excluding hydrogens is 244 g/mol. The van der Waals surface area contributed by atoms with Gasteiger partial charge in [0.1, 0.15) is 6.61 Å². The molecule has 0 saturated heterocycles. The summed E-state index contributed by atoms with van der Waals surface area (Å²) in [4.78, 5) is 10.2. The SMILES string of the molecule is C=C(CCl)COc1ccc(C#N)cc1[N+](=O)[O-]. The monoisotopic (exact) mass is 252 g/mol. The van der Waals surface area contributed by atoms with Gasteiger partial charge in [0.05, 0.1) is 16.6 Å². The number of nitriles is 1. The lowest BCUT2D eigenvalue weighted by atomic mass is 10.2. The third-order valence-electron chi connectivity index (χ3n) is 1.91. The summed E-state index contributed by atoms with van der Waals surface area (Å²) in [5, 5.41) is 19.4. The Morgan fingerprint density at radius 3 is 2.88 bits per heavy atom. The van der Waals surface area contributed by atoms with E-state index in [-0.39, 0.29) is 29.5 Å². The van der Waals surface area contributed by atoms with Gasteiger partial charge < -0.3 is 4.74 Å². The summed E-state index contributed by atoms with van der Waals surface area (Å²) < 4.78 is 5.22. The number of nitro benzene ring substituents is 1. The molecule has 0 heterocycles. The van der Waals surface area contributed by atoms with E-state index >= 15 is 0 Å². The van der Waals surface area contributed by atoms with Crippen molar-refractivity contribution in [2.24, 2.45) is 0 Å². The fourth-order valence-electron chi connectivity index (χ4n) is 1.07. The van der Waals surface area contributed by atoms with Crippen LogP contribution in [0.1, 0.15) is 5.56 Å². The minimum Gasteiger partial charge on any atom is -0.482 e. The number of nitro groups is 1. The maximum absolute atomic E-state index is 10.8. The third kappa shape index (κ3) is 3.47. The number of hydrogen-bond acceptors (Lipinski definition) is 4. The van der Waals surface area contributed by atoms with Crippen LogP contribution in [0.25, 0.3) is 0 Å². The Hall–Kier alpha value is -2.06. The van der Waals surface area contributed by atoms with Crippen LogP contribution in [0.3, 0.4) is 0 Å². The first-order valence-corrected chi connectivity index (χ1v) is 5.16. The van der Waals surface area contributed by atoms with Gasteiger partial charge >= 0.3 is 5.69 Å². The first-order chi connectivity index (χ1) is 8.08. The molecule has 0 aromatic heterocycles. The Morgan fingerprint density at radius 2 is 2.35 bits per heavy atom. The Labute approximate surface area is 103 Å². The molecule has 0 aliphatic heterocycles. The first-order valence-electron chi connectivity index (χ1n) is 4.62. The van der Waals surface area contributed by atoms with Crippen LogP contribution in [0.2, 0.25) is 0 Å². The molecule has 0 bridgehead atoms. The topological polar surface area (TPSA) is 76.2 Å². The molecule has 0 radical (unpaired) electrons. The van der Waals surface area contributed by atoms with E-state index in [9.17, 15) is 10.1 Å². The summed E-state index contributed by atoms with van der Waals surface area (Å²) in [5.74, 6) is 0.324. The van der Waals surface area contributed by atoms with E-state index in [0.29, 0.717) is 5.57 Å². The predicted molar refractivity (Wildman–Crippen MR) is 63.2 cm³/mol. The second-order valence-corrected chi connectivity index (χ2v) is 3.49. The van der Waals surface area contributed by atoms with Crippen molar-refractivity contribution in [3.63, 3.8) is 0 Å². The Balaban J connectivity index is 2.95. The molecule has 0 atom stereocenters. The fourth-order valence-corrected chi connectivity index (χ4v) is 1.15. The van der Waals surface area contributed by atoms with Crippen molar-refractivity contribution in [1.29, 1.82) is 5.26 Å². The van der Waals surface area contributed by atoms with E-state index in [2.05, 4.69) is 6.58 Å². The van der Waals surface area contributed by atoms with Crippen LogP contribution in [-0.4, -0.2) is 17.4 Å². The molecule has 0 fully saturated rings. The number of rotatable bonds is 5. The summed E-state index contributed by atoms with van der Waals surface area (Å²) in [6.45, 7) is 3.72. The maximum Gasteiger partial charge on any atom is 0.312 e. The highest BCUT2D eigenvalue weighted by Gasteiger charge is 2.16. The Morgan fingerprint density at radius 1 is 1.65 bits per heavy atom. The Kier molecular flexibility index (Phi) is 4.49. The molecular formula is C11H9ClN2O3. The van der Waals surface area contributed by atoms with Crippen molar-refractivity contribution in [2.75, 3.05) is 12.5 Å². The van der Waals surface area contributed by atoms with E-state index < -0.39 is 4.92 Å². The average molecular weight is 253 g/mol. The van der Waals surface area contributed by atoms with Crippen LogP contribution in [0.15, 0.2) is 30.4 Å². The van der Waals surface area contributed by atoms with Gasteiger partial charge in [-0.25, -0.2) is 0 Å². The molecule has 0 N–H and O–H groups in total. The lowest BCUT2D eigenvalue weighted by Gasteiger charge is -2.07. The molecule has 6 heteroatoms. The molecule has 0 spiro atoms. The summed E-state index contributed by atoms with van der Waals surface area (Å²) >= 11 is 5.51. The first kappa shape index (κ1) is 13.0. The molecule has 88 valence electrons. The number of alkyl halides is 1. The van der Waals surface area contributed by atoms with Crippen LogP contribution in [-0.2, 0) is 0 Å². The van der Waals surface area contributed by atoms with Gasteiger partial charge in [-0.05, 0) is 17.7 Å². The molecule has 1 aromatic carbocycles. The Bertz CT molecular complexity index is 494. The normalized spacial score (nSPS) is 9.41. The number of halogens is 1. The lowest BCUT2D eigenvalue weighted by molar-refractivity contribution is -0.385. The summed E-state index contributed by atoms with van der Waals surface area (Å²) in [7, 11) is 0. The quantitative estimate of drug-likeness (QED) is 0.349. The molecule has 0 unspecified atom stereocenters. The van der Waals surface area contributed by atoms with E-state index in [4.69, 9.17) is 21.6 Å². The van der Waals surface area contributed by atoms with Crippen molar-refractivity contribution in [1.82, 2.24) is 0 Å². The minimum absolute atomic E-state index is 0.0975. The van der Waals surface area contributed by atoms with Crippen LogP contribution in [0.5, 0.6) is 5.75 Å². The zero-order valence-corrected chi connectivity index (χ0v) is 9.61. The molecule has 0 amide bonds. The molecule has 5 nitrogen and oxygen atoms in total. The van der Waals surface area contributed by atoms with E-state index in [1.54, 1.807) is 0 Å². The number of hydrogen-bond donors (Lipinski definition) is 0. The van der Waals surface area contributed by atoms with Crippen LogP contribution in [0, 0.1) is 21.4 Å². The third-order valence-corrected chi connectivity index (χ3v) is 2.28.